The summed E-state index contributed by atoms with van der Waals surface area (Å²) in [5, 5.41) is 7.95. The van der Waals surface area contributed by atoms with Crippen LogP contribution in [0.4, 0.5) is 0 Å². The number of rotatable bonds is 2. The van der Waals surface area contributed by atoms with Gasteiger partial charge < -0.3 is 0 Å². The van der Waals surface area contributed by atoms with Crippen LogP contribution in [0.2, 0.25) is 0 Å². The molecule has 1 spiro atoms. The quantitative estimate of drug-likeness (QED) is 0.186. The molecule has 0 atom stereocenters. The molecule has 0 N–H and O–H groups in total. The maximum atomic E-state index is 2.44. The largest absolute Gasteiger partial charge is 0.0725 e. The molecule has 0 unspecified atom stereocenters. The van der Waals surface area contributed by atoms with Gasteiger partial charge in [-0.1, -0.05) is 158 Å². The van der Waals surface area contributed by atoms with Crippen LogP contribution in [0.25, 0.3) is 54.6 Å². The third kappa shape index (κ3) is 2.98. The van der Waals surface area contributed by atoms with Gasteiger partial charge >= 0.3 is 0 Å². The van der Waals surface area contributed by atoms with Gasteiger partial charge in [0.15, 0.2) is 0 Å². The van der Waals surface area contributed by atoms with Crippen molar-refractivity contribution < 1.29 is 0 Å². The third-order valence-electron chi connectivity index (χ3n) is 10.3. The molecule has 0 fully saturated rings. The van der Waals surface area contributed by atoms with Crippen molar-refractivity contribution in [3.63, 3.8) is 0 Å². The molecule has 0 nitrogen and oxygen atoms in total. The topological polar surface area (TPSA) is 0 Å². The average molecular weight is 557 g/mol. The van der Waals surface area contributed by atoms with Gasteiger partial charge in [-0.3, -0.25) is 0 Å². The van der Waals surface area contributed by atoms with Crippen molar-refractivity contribution in [2.45, 2.75) is 11.8 Å². The van der Waals surface area contributed by atoms with Crippen molar-refractivity contribution >= 4 is 32.3 Å². The van der Waals surface area contributed by atoms with E-state index < -0.39 is 0 Å². The molecule has 0 amide bonds. The second-order valence-electron chi connectivity index (χ2n) is 12.4. The number of fused-ring (bicyclic) bond motifs is 16. The van der Waals surface area contributed by atoms with Crippen LogP contribution in [0.1, 0.15) is 33.4 Å². The molecule has 44 heavy (non-hydrogen) atoms. The van der Waals surface area contributed by atoms with E-state index in [1.54, 1.807) is 0 Å². The zero-order chi connectivity index (χ0) is 28.8. The molecule has 8 aromatic carbocycles. The summed E-state index contributed by atoms with van der Waals surface area (Å²) in [5.41, 5.74) is 13.5. The molecule has 2 aliphatic carbocycles. The summed E-state index contributed by atoms with van der Waals surface area (Å²) in [6.45, 7) is 0. The van der Waals surface area contributed by atoms with Crippen molar-refractivity contribution in [2.24, 2.45) is 0 Å². The fourth-order valence-electron chi connectivity index (χ4n) is 8.65. The first kappa shape index (κ1) is 24.0. The van der Waals surface area contributed by atoms with Gasteiger partial charge in [0.2, 0.25) is 0 Å². The Kier molecular flexibility index (Phi) is 4.80. The second kappa shape index (κ2) is 8.78. The molecule has 0 heteroatoms. The van der Waals surface area contributed by atoms with Crippen LogP contribution in [-0.2, 0) is 11.8 Å². The predicted octanol–water partition coefficient (Wildman–Crippen LogP) is 11.1. The van der Waals surface area contributed by atoms with E-state index in [1.807, 2.05) is 0 Å². The SMILES string of the molecule is c1ccc2c(c1)-c1ccccc1C21c2ccccc2-c2c(Cc3ccc4c5ccccc5c5ccccc5c4c3)cccc21. The van der Waals surface area contributed by atoms with Gasteiger partial charge in [-0.2, -0.15) is 0 Å². The van der Waals surface area contributed by atoms with E-state index >= 15 is 0 Å². The molecule has 0 saturated heterocycles. The van der Waals surface area contributed by atoms with Crippen molar-refractivity contribution in [3.05, 3.63) is 191 Å². The zero-order valence-electron chi connectivity index (χ0n) is 24.2. The minimum Gasteiger partial charge on any atom is -0.0619 e. The van der Waals surface area contributed by atoms with Crippen LogP contribution in [0, 0.1) is 0 Å². The van der Waals surface area contributed by atoms with Crippen molar-refractivity contribution in [1.82, 2.24) is 0 Å². The highest BCUT2D eigenvalue weighted by Gasteiger charge is 2.51. The lowest BCUT2D eigenvalue weighted by Crippen LogP contribution is -2.25. The van der Waals surface area contributed by atoms with Gasteiger partial charge in [0.1, 0.15) is 0 Å². The Morgan fingerprint density at radius 3 is 1.41 bits per heavy atom. The first-order valence-electron chi connectivity index (χ1n) is 15.6. The van der Waals surface area contributed by atoms with Gasteiger partial charge in [-0.25, -0.2) is 0 Å². The predicted molar refractivity (Wildman–Crippen MR) is 185 cm³/mol. The van der Waals surface area contributed by atoms with Crippen molar-refractivity contribution in [2.75, 3.05) is 0 Å². The summed E-state index contributed by atoms with van der Waals surface area (Å²) in [6, 6.07) is 59.1. The van der Waals surface area contributed by atoms with Crippen LogP contribution in [0.15, 0.2) is 158 Å². The molecule has 0 aromatic heterocycles. The Morgan fingerprint density at radius 1 is 0.341 bits per heavy atom. The highest BCUT2D eigenvalue weighted by atomic mass is 14.5. The van der Waals surface area contributed by atoms with E-state index in [4.69, 9.17) is 0 Å². The molecule has 0 heterocycles. The maximum Gasteiger partial charge on any atom is 0.0725 e. The summed E-state index contributed by atoms with van der Waals surface area (Å²) in [4.78, 5) is 0. The normalized spacial score (nSPS) is 13.7. The molecule has 204 valence electrons. The molecule has 2 aliphatic rings. The van der Waals surface area contributed by atoms with Crippen LogP contribution in [0.5, 0.6) is 0 Å². The van der Waals surface area contributed by atoms with E-state index in [0.717, 1.165) is 6.42 Å². The van der Waals surface area contributed by atoms with E-state index in [2.05, 4.69) is 158 Å². The Labute approximate surface area is 256 Å². The van der Waals surface area contributed by atoms with Crippen molar-refractivity contribution in [3.8, 4) is 22.3 Å². The summed E-state index contributed by atoms with van der Waals surface area (Å²) >= 11 is 0. The Hall–Kier alpha value is -5.46. The van der Waals surface area contributed by atoms with Gasteiger partial charge in [0, 0.05) is 0 Å². The Balaban J connectivity index is 1.21. The first-order valence-corrected chi connectivity index (χ1v) is 15.6. The number of hydrogen-bond acceptors (Lipinski definition) is 0. The summed E-state index contributed by atoms with van der Waals surface area (Å²) in [5.74, 6) is 0. The van der Waals surface area contributed by atoms with Crippen LogP contribution < -0.4 is 0 Å². The third-order valence-corrected chi connectivity index (χ3v) is 10.3. The molecule has 0 saturated carbocycles. The molecule has 10 rings (SSSR count). The summed E-state index contributed by atoms with van der Waals surface area (Å²) in [6.07, 6.45) is 0.883. The van der Waals surface area contributed by atoms with Crippen LogP contribution in [-0.4, -0.2) is 0 Å². The average Bonchev–Trinajstić information content (AvgIpc) is 3.57. The standard InChI is InChI=1S/C44H28/c1-2-15-32-30(13-1)31-14-3-4-16-33(31)38-27-28(24-25-34(32)38)26-29-12-11-23-42-43(29)37-19-7-10-22-41(37)44(42)39-20-8-5-17-35(39)36-18-6-9-21-40(36)44/h1-25,27H,26H2. The van der Waals surface area contributed by atoms with E-state index in [-0.39, 0.29) is 5.41 Å². The van der Waals surface area contributed by atoms with Crippen LogP contribution in [0.3, 0.4) is 0 Å². The lowest BCUT2D eigenvalue weighted by molar-refractivity contribution is 0.793. The lowest BCUT2D eigenvalue weighted by atomic mass is 9.70. The molecule has 0 bridgehead atoms. The minimum atomic E-state index is -0.298. The first-order chi connectivity index (χ1) is 21.8. The zero-order valence-corrected chi connectivity index (χ0v) is 24.2. The van der Waals surface area contributed by atoms with Gasteiger partial charge in [0.25, 0.3) is 0 Å². The second-order valence-corrected chi connectivity index (χ2v) is 12.4. The van der Waals surface area contributed by atoms with E-state index in [0.29, 0.717) is 0 Å². The molecule has 0 aliphatic heterocycles. The Morgan fingerprint density at radius 2 is 0.795 bits per heavy atom. The molecule has 8 aromatic rings. The van der Waals surface area contributed by atoms with E-state index in [9.17, 15) is 0 Å². The lowest BCUT2D eigenvalue weighted by Gasteiger charge is -2.30. The fourth-order valence-corrected chi connectivity index (χ4v) is 8.65. The van der Waals surface area contributed by atoms with Crippen molar-refractivity contribution in [1.29, 1.82) is 0 Å². The summed E-state index contributed by atoms with van der Waals surface area (Å²) in [7, 11) is 0. The van der Waals surface area contributed by atoms with Gasteiger partial charge in [0.05, 0.1) is 5.41 Å². The van der Waals surface area contributed by atoms with Crippen LogP contribution >= 0.6 is 0 Å². The van der Waals surface area contributed by atoms with Gasteiger partial charge in [-0.05, 0) is 94.4 Å². The smallest absolute Gasteiger partial charge is 0.0619 e. The monoisotopic (exact) mass is 556 g/mol. The Bertz CT molecular complexity index is 2400. The van der Waals surface area contributed by atoms with Gasteiger partial charge in [-0.15, -0.1) is 0 Å². The number of benzene rings is 8. The molecular weight excluding hydrogens is 528 g/mol. The summed E-state index contributed by atoms with van der Waals surface area (Å²) < 4.78 is 0. The maximum absolute atomic E-state index is 2.44. The molecule has 0 radical (unpaired) electrons. The highest BCUT2D eigenvalue weighted by molar-refractivity contribution is 6.25. The minimum absolute atomic E-state index is 0.298. The highest BCUT2D eigenvalue weighted by Crippen LogP contribution is 2.63. The molecular formula is C44H28. The van der Waals surface area contributed by atoms with E-state index in [1.165, 1.54) is 88.0 Å². The number of hydrogen-bond donors (Lipinski definition) is 0. The fraction of sp³-hybridized carbons (Fsp3) is 0.0455.